The molecule has 9 heteroatoms. The van der Waals surface area contributed by atoms with Crippen LogP contribution in [-0.2, 0) is 43.4 Å². The molecule has 0 radical (unpaired) electrons. The molecule has 1 fully saturated rings. The van der Waals surface area contributed by atoms with Gasteiger partial charge in [-0.05, 0) is 12.8 Å². The number of rotatable bonds is 14. The van der Waals surface area contributed by atoms with Crippen LogP contribution in [0.15, 0.2) is 0 Å². The molecule has 0 aromatic heterocycles. The van der Waals surface area contributed by atoms with Gasteiger partial charge >= 0.3 is 5.97 Å². The minimum atomic E-state index is -2.49. The summed E-state index contributed by atoms with van der Waals surface area (Å²) in [6.07, 6.45) is 11.0. The van der Waals surface area contributed by atoms with Gasteiger partial charge in [-0.2, -0.15) is 0 Å². The van der Waals surface area contributed by atoms with Gasteiger partial charge in [0, 0.05) is 36.7 Å². The number of amides is 2. The number of hydroxylamine groups is 2. The van der Waals surface area contributed by atoms with Gasteiger partial charge in [0.1, 0.15) is 8.77 Å². The van der Waals surface area contributed by atoms with E-state index in [9.17, 15) is 18.6 Å². The number of hydrogen-bond donors (Lipinski definition) is 0. The fourth-order valence-electron chi connectivity index (χ4n) is 2.62. The van der Waals surface area contributed by atoms with Gasteiger partial charge in [0.05, 0.1) is 6.61 Å². The van der Waals surface area contributed by atoms with Crippen LogP contribution in [0, 0.1) is 0 Å². The molecule has 150 valence electrons. The minimum Gasteiger partial charge on any atom is -0.330 e. The van der Waals surface area contributed by atoms with Crippen molar-refractivity contribution < 1.29 is 27.6 Å². The van der Waals surface area contributed by atoms with Crippen LogP contribution in [0.2, 0.25) is 0 Å². The van der Waals surface area contributed by atoms with Crippen molar-refractivity contribution in [3.63, 3.8) is 0 Å². The molecule has 1 atom stereocenters. The molecule has 0 aliphatic carbocycles. The quantitative estimate of drug-likeness (QED) is 0.323. The molecule has 26 heavy (non-hydrogen) atoms. The van der Waals surface area contributed by atoms with E-state index < -0.39 is 26.6 Å². The van der Waals surface area contributed by atoms with Crippen LogP contribution < -0.4 is 0 Å². The molecule has 1 rings (SSSR count). The molecular weight excluding hydrogens is 378 g/mol. The molecule has 1 heterocycles. The number of unbranched alkanes of at least 4 members (excludes halogenated alkanes) is 8. The smallest absolute Gasteiger partial charge is 0.330 e. The zero-order valence-corrected chi connectivity index (χ0v) is 17.0. The average molecular weight is 408 g/mol. The first-order chi connectivity index (χ1) is 12.3. The SMILES string of the molecule is CS(=O)(=S)OCCCCCCCCCCCC(=O)ON1C(=O)CCC1=O. The summed E-state index contributed by atoms with van der Waals surface area (Å²) in [4.78, 5) is 39.1. The Morgan fingerprint density at radius 3 is 1.92 bits per heavy atom. The topological polar surface area (TPSA) is 90.0 Å². The highest BCUT2D eigenvalue weighted by molar-refractivity contribution is 8.29. The molecular formula is C17H29NO6S2. The van der Waals surface area contributed by atoms with Gasteiger partial charge in [0.2, 0.25) is 0 Å². The monoisotopic (exact) mass is 407 g/mol. The Hall–Kier alpha value is -1.06. The van der Waals surface area contributed by atoms with E-state index in [2.05, 4.69) is 11.2 Å². The molecule has 1 saturated heterocycles. The van der Waals surface area contributed by atoms with E-state index in [0.717, 1.165) is 51.4 Å². The van der Waals surface area contributed by atoms with Gasteiger partial charge < -0.3 is 4.84 Å². The lowest BCUT2D eigenvalue weighted by atomic mass is 10.1. The van der Waals surface area contributed by atoms with E-state index in [4.69, 9.17) is 9.02 Å². The summed E-state index contributed by atoms with van der Waals surface area (Å²) in [5, 5.41) is 0.598. The van der Waals surface area contributed by atoms with E-state index in [1.807, 2.05) is 0 Å². The largest absolute Gasteiger partial charge is 0.333 e. The molecule has 0 aromatic rings. The second kappa shape index (κ2) is 12.3. The zero-order chi connectivity index (χ0) is 19.4. The fraction of sp³-hybridized carbons (Fsp3) is 0.824. The fourth-order valence-corrected chi connectivity index (χ4v) is 3.25. The molecule has 1 unspecified atom stereocenters. The summed E-state index contributed by atoms with van der Waals surface area (Å²) in [5.74, 6) is -1.41. The Kier molecular flexibility index (Phi) is 10.9. The van der Waals surface area contributed by atoms with E-state index in [1.165, 1.54) is 6.26 Å². The van der Waals surface area contributed by atoms with Crippen LogP contribution >= 0.6 is 0 Å². The number of carbonyl (C=O) groups excluding carboxylic acids is 3. The third-order valence-corrected chi connectivity index (χ3v) is 4.91. The molecule has 1 aliphatic rings. The second-order valence-corrected chi connectivity index (χ2v) is 9.96. The second-order valence-electron chi connectivity index (χ2n) is 6.50. The van der Waals surface area contributed by atoms with Crippen LogP contribution in [0.3, 0.4) is 0 Å². The van der Waals surface area contributed by atoms with Crippen molar-refractivity contribution in [1.29, 1.82) is 0 Å². The normalized spacial score (nSPS) is 16.7. The predicted molar refractivity (Wildman–Crippen MR) is 101 cm³/mol. The van der Waals surface area contributed by atoms with Crippen molar-refractivity contribution in [3.8, 4) is 0 Å². The third-order valence-electron chi connectivity index (χ3n) is 4.02. The van der Waals surface area contributed by atoms with Gasteiger partial charge in [-0.3, -0.25) is 13.8 Å². The maximum Gasteiger partial charge on any atom is 0.333 e. The van der Waals surface area contributed by atoms with E-state index >= 15 is 0 Å². The lowest BCUT2D eigenvalue weighted by Crippen LogP contribution is -2.31. The van der Waals surface area contributed by atoms with Crippen LogP contribution in [0.1, 0.15) is 77.0 Å². The van der Waals surface area contributed by atoms with E-state index in [-0.39, 0.29) is 19.3 Å². The molecule has 7 nitrogen and oxygen atoms in total. The Morgan fingerprint density at radius 2 is 1.42 bits per heavy atom. The van der Waals surface area contributed by atoms with Crippen molar-refractivity contribution >= 4 is 37.7 Å². The lowest BCUT2D eigenvalue weighted by molar-refractivity contribution is -0.197. The maximum atomic E-state index is 11.6. The van der Waals surface area contributed by atoms with E-state index in [1.54, 1.807) is 0 Å². The summed E-state index contributed by atoms with van der Waals surface area (Å²) >= 11 is 4.66. The molecule has 0 bridgehead atoms. The van der Waals surface area contributed by atoms with Gasteiger partial charge in [0.15, 0.2) is 0 Å². The van der Waals surface area contributed by atoms with Crippen LogP contribution in [-0.4, -0.2) is 39.9 Å². The number of nitrogens with zero attached hydrogens (tertiary/aromatic N) is 1. The van der Waals surface area contributed by atoms with Gasteiger partial charge in [-0.25, -0.2) is 9.00 Å². The first-order valence-corrected chi connectivity index (χ1v) is 12.0. The first-order valence-electron chi connectivity index (χ1n) is 9.20. The van der Waals surface area contributed by atoms with Crippen LogP contribution in [0.4, 0.5) is 0 Å². The Labute approximate surface area is 160 Å². The molecule has 0 N–H and O–H groups in total. The van der Waals surface area contributed by atoms with Crippen LogP contribution in [0.5, 0.6) is 0 Å². The summed E-state index contributed by atoms with van der Waals surface area (Å²) < 4.78 is 16.2. The number of carbonyl (C=O) groups is 3. The highest BCUT2D eigenvalue weighted by Gasteiger charge is 2.32. The van der Waals surface area contributed by atoms with Gasteiger partial charge in [0.25, 0.3) is 11.8 Å². The Balaban J connectivity index is 1.88. The summed E-state index contributed by atoms with van der Waals surface area (Å²) in [7, 11) is -2.49. The van der Waals surface area contributed by atoms with Crippen LogP contribution in [0.25, 0.3) is 0 Å². The average Bonchev–Trinajstić information content (AvgIpc) is 2.86. The molecule has 0 spiro atoms. The lowest BCUT2D eigenvalue weighted by Gasteiger charge is -2.12. The van der Waals surface area contributed by atoms with Gasteiger partial charge in [-0.15, -0.1) is 5.06 Å². The third kappa shape index (κ3) is 10.8. The number of hydrogen-bond acceptors (Lipinski definition) is 7. The summed E-state index contributed by atoms with van der Waals surface area (Å²) in [5.41, 5.74) is 0. The highest BCUT2D eigenvalue weighted by atomic mass is 32.8. The number of imide groups is 1. The molecule has 2 amide bonds. The summed E-state index contributed by atoms with van der Waals surface area (Å²) in [6, 6.07) is 0. The molecule has 0 aromatic carbocycles. The van der Waals surface area contributed by atoms with Crippen molar-refractivity contribution in [2.24, 2.45) is 0 Å². The highest BCUT2D eigenvalue weighted by Crippen LogP contribution is 2.14. The first kappa shape index (κ1) is 23.0. The maximum absolute atomic E-state index is 11.6. The van der Waals surface area contributed by atoms with Gasteiger partial charge in [-0.1, -0.05) is 44.9 Å². The van der Waals surface area contributed by atoms with E-state index in [0.29, 0.717) is 18.1 Å². The molecule has 1 aliphatic heterocycles. The summed E-state index contributed by atoms with van der Waals surface area (Å²) in [6.45, 7) is 0.462. The Bertz CT molecular complexity index is 560. The Morgan fingerprint density at radius 1 is 0.962 bits per heavy atom. The predicted octanol–water partition coefficient (Wildman–Crippen LogP) is 2.80. The zero-order valence-electron chi connectivity index (χ0n) is 15.4. The van der Waals surface area contributed by atoms with Crippen molar-refractivity contribution in [3.05, 3.63) is 0 Å². The van der Waals surface area contributed by atoms with Crippen molar-refractivity contribution in [2.75, 3.05) is 12.9 Å². The van der Waals surface area contributed by atoms with Crippen molar-refractivity contribution in [2.45, 2.75) is 77.0 Å². The molecule has 0 saturated carbocycles. The van der Waals surface area contributed by atoms with Crippen molar-refractivity contribution in [1.82, 2.24) is 5.06 Å². The minimum absolute atomic E-state index is 0.117. The standard InChI is InChI=1S/C17H29NO6S2/c1-26(22,25)23-14-10-8-6-4-2-3-5-7-9-11-17(21)24-18-15(19)12-13-16(18)20/h2-14H2,1H3.